The third-order valence-electron chi connectivity index (χ3n) is 4.85. The maximum Gasteiger partial charge on any atom is 0.251 e. The van der Waals surface area contributed by atoms with E-state index >= 15 is 0 Å². The van der Waals surface area contributed by atoms with Gasteiger partial charge in [-0.3, -0.25) is 9.78 Å². The number of anilines is 1. The van der Waals surface area contributed by atoms with E-state index in [-0.39, 0.29) is 37.8 Å². The molecular formula is C17H17ClF2N4O. The summed E-state index contributed by atoms with van der Waals surface area (Å²) >= 11 is 5.94. The number of hydrogen-bond donors (Lipinski definition) is 0. The van der Waals surface area contributed by atoms with Crippen molar-refractivity contribution in [2.24, 2.45) is 5.92 Å². The number of amides is 1. The quantitative estimate of drug-likeness (QED) is 0.820. The molecule has 1 amide bonds. The normalized spacial score (nSPS) is 20.6. The van der Waals surface area contributed by atoms with Gasteiger partial charge in [0.1, 0.15) is 5.82 Å². The van der Waals surface area contributed by atoms with Gasteiger partial charge in [-0.2, -0.15) is 0 Å². The summed E-state index contributed by atoms with van der Waals surface area (Å²) in [7, 11) is 0. The molecule has 1 aromatic carbocycles. The number of carbonyl (C=O) groups excluding carboxylic acids is 1. The van der Waals surface area contributed by atoms with Gasteiger partial charge in [-0.25, -0.2) is 13.8 Å². The molecule has 0 aliphatic carbocycles. The van der Waals surface area contributed by atoms with Gasteiger partial charge >= 0.3 is 0 Å². The van der Waals surface area contributed by atoms with Gasteiger partial charge in [0.05, 0.1) is 23.1 Å². The van der Waals surface area contributed by atoms with Gasteiger partial charge in [-0.1, -0.05) is 11.6 Å². The van der Waals surface area contributed by atoms with E-state index in [0.29, 0.717) is 23.9 Å². The molecule has 0 saturated carbocycles. The molecular weight excluding hydrogens is 350 g/mol. The minimum Gasteiger partial charge on any atom is -0.354 e. The largest absolute Gasteiger partial charge is 0.354 e. The monoisotopic (exact) mass is 366 g/mol. The van der Waals surface area contributed by atoms with Crippen molar-refractivity contribution in [3.8, 4) is 0 Å². The van der Waals surface area contributed by atoms with Crippen LogP contribution in [0.2, 0.25) is 5.02 Å². The molecule has 2 fully saturated rings. The third kappa shape index (κ3) is 3.25. The van der Waals surface area contributed by atoms with Crippen LogP contribution in [0, 0.1) is 5.92 Å². The van der Waals surface area contributed by atoms with Gasteiger partial charge < -0.3 is 9.80 Å². The molecule has 2 aliphatic heterocycles. The predicted octanol–water partition coefficient (Wildman–Crippen LogP) is 2.98. The SMILES string of the molecule is O=C(C1CN(c2cnc3cc(Cl)ccc3n2)C1)N1CCC(F)(F)CC1. The molecule has 0 radical (unpaired) electrons. The van der Waals surface area contributed by atoms with Crippen molar-refractivity contribution in [3.63, 3.8) is 0 Å². The van der Waals surface area contributed by atoms with E-state index in [1.165, 1.54) is 0 Å². The van der Waals surface area contributed by atoms with Crippen LogP contribution in [-0.2, 0) is 4.79 Å². The lowest BCUT2D eigenvalue weighted by atomic mass is 9.96. The highest BCUT2D eigenvalue weighted by atomic mass is 35.5. The van der Waals surface area contributed by atoms with Crippen molar-refractivity contribution in [3.05, 3.63) is 29.4 Å². The van der Waals surface area contributed by atoms with Crippen LogP contribution in [0.3, 0.4) is 0 Å². The summed E-state index contributed by atoms with van der Waals surface area (Å²) in [5.41, 5.74) is 1.47. The lowest BCUT2D eigenvalue weighted by molar-refractivity contribution is -0.142. The Morgan fingerprint density at radius 2 is 1.92 bits per heavy atom. The molecule has 1 aromatic heterocycles. The van der Waals surface area contributed by atoms with Gasteiger partial charge in [0.2, 0.25) is 5.91 Å². The van der Waals surface area contributed by atoms with Crippen LogP contribution in [0.4, 0.5) is 14.6 Å². The maximum atomic E-state index is 13.2. The van der Waals surface area contributed by atoms with Crippen molar-refractivity contribution in [2.75, 3.05) is 31.1 Å². The Kier molecular flexibility index (Phi) is 3.98. The van der Waals surface area contributed by atoms with Gasteiger partial charge in [-0.15, -0.1) is 0 Å². The van der Waals surface area contributed by atoms with Crippen LogP contribution in [-0.4, -0.2) is 52.9 Å². The van der Waals surface area contributed by atoms with Gasteiger partial charge in [0.15, 0.2) is 0 Å². The third-order valence-corrected chi connectivity index (χ3v) is 5.09. The Balaban J connectivity index is 1.38. The number of hydrogen-bond acceptors (Lipinski definition) is 4. The smallest absolute Gasteiger partial charge is 0.251 e. The van der Waals surface area contributed by atoms with Gasteiger partial charge in [0.25, 0.3) is 5.92 Å². The zero-order valence-electron chi connectivity index (χ0n) is 13.5. The first kappa shape index (κ1) is 16.4. The zero-order valence-corrected chi connectivity index (χ0v) is 14.2. The predicted molar refractivity (Wildman–Crippen MR) is 91.0 cm³/mol. The molecule has 3 heterocycles. The highest BCUT2D eigenvalue weighted by Crippen LogP contribution is 2.30. The van der Waals surface area contributed by atoms with Crippen molar-refractivity contribution >= 4 is 34.4 Å². The summed E-state index contributed by atoms with van der Waals surface area (Å²) < 4.78 is 26.4. The van der Waals surface area contributed by atoms with Crippen LogP contribution >= 0.6 is 11.6 Å². The van der Waals surface area contributed by atoms with Crippen LogP contribution in [0.1, 0.15) is 12.8 Å². The standard InChI is InChI=1S/C17H17ClF2N4O/c18-12-1-2-13-14(7-12)21-8-15(22-13)24-9-11(10-24)16(25)23-5-3-17(19,20)4-6-23/h1-2,7-8,11H,3-6,9-10H2. The number of benzene rings is 1. The molecule has 2 aromatic rings. The van der Waals surface area contributed by atoms with Gasteiger partial charge in [-0.05, 0) is 18.2 Å². The second-order valence-corrected chi connectivity index (χ2v) is 7.08. The first-order valence-corrected chi connectivity index (χ1v) is 8.63. The second kappa shape index (κ2) is 6.05. The molecule has 8 heteroatoms. The fraction of sp³-hybridized carbons (Fsp3) is 0.471. The maximum absolute atomic E-state index is 13.2. The molecule has 0 bridgehead atoms. The summed E-state index contributed by atoms with van der Waals surface area (Å²) in [6.45, 7) is 1.36. The van der Waals surface area contributed by atoms with E-state index < -0.39 is 5.92 Å². The minimum absolute atomic E-state index is 0.0349. The molecule has 2 saturated heterocycles. The molecule has 0 N–H and O–H groups in total. The number of piperidine rings is 1. The van der Waals surface area contributed by atoms with E-state index in [0.717, 1.165) is 11.0 Å². The highest BCUT2D eigenvalue weighted by Gasteiger charge is 2.40. The Morgan fingerprint density at radius 1 is 1.20 bits per heavy atom. The van der Waals surface area contributed by atoms with Crippen LogP contribution in [0.5, 0.6) is 0 Å². The number of alkyl halides is 2. The van der Waals surface area contributed by atoms with Crippen molar-refractivity contribution in [1.82, 2.24) is 14.9 Å². The van der Waals surface area contributed by atoms with Crippen molar-refractivity contribution in [2.45, 2.75) is 18.8 Å². The molecule has 25 heavy (non-hydrogen) atoms. The van der Waals surface area contributed by atoms with Crippen LogP contribution in [0.25, 0.3) is 11.0 Å². The number of halogens is 3. The highest BCUT2D eigenvalue weighted by molar-refractivity contribution is 6.31. The Labute approximate surface area is 148 Å². The van der Waals surface area contributed by atoms with Crippen molar-refractivity contribution < 1.29 is 13.6 Å². The van der Waals surface area contributed by atoms with Crippen LogP contribution in [0.15, 0.2) is 24.4 Å². The zero-order chi connectivity index (χ0) is 17.6. The lowest BCUT2D eigenvalue weighted by Gasteiger charge is -2.42. The summed E-state index contributed by atoms with van der Waals surface area (Å²) in [5.74, 6) is -2.11. The number of nitrogens with zero attached hydrogens (tertiary/aromatic N) is 4. The molecule has 2 aliphatic rings. The Morgan fingerprint density at radius 3 is 2.64 bits per heavy atom. The second-order valence-electron chi connectivity index (χ2n) is 6.64. The average molecular weight is 367 g/mol. The van der Waals surface area contributed by atoms with E-state index in [1.807, 2.05) is 11.0 Å². The van der Waals surface area contributed by atoms with E-state index in [9.17, 15) is 13.6 Å². The molecule has 5 nitrogen and oxygen atoms in total. The van der Waals surface area contributed by atoms with Crippen molar-refractivity contribution in [1.29, 1.82) is 0 Å². The Bertz CT molecular complexity index is 815. The molecule has 0 atom stereocenters. The average Bonchev–Trinajstić information content (AvgIpc) is 2.53. The molecule has 4 rings (SSSR count). The minimum atomic E-state index is -2.63. The van der Waals surface area contributed by atoms with E-state index in [1.54, 1.807) is 23.2 Å². The summed E-state index contributed by atoms with van der Waals surface area (Å²) in [4.78, 5) is 24.9. The summed E-state index contributed by atoms with van der Waals surface area (Å²) in [5, 5.41) is 0.608. The summed E-state index contributed by atoms with van der Waals surface area (Å²) in [6, 6.07) is 5.32. The number of likely N-dealkylation sites (tertiary alicyclic amines) is 1. The fourth-order valence-electron chi connectivity index (χ4n) is 3.26. The topological polar surface area (TPSA) is 49.3 Å². The number of rotatable bonds is 2. The Hall–Kier alpha value is -2.02. The number of fused-ring (bicyclic) bond motifs is 1. The summed E-state index contributed by atoms with van der Waals surface area (Å²) in [6.07, 6.45) is 1.18. The lowest BCUT2D eigenvalue weighted by Crippen LogP contribution is -2.56. The number of aromatic nitrogens is 2. The number of carbonyl (C=O) groups is 1. The van der Waals surface area contributed by atoms with E-state index in [2.05, 4.69) is 9.97 Å². The molecule has 132 valence electrons. The first-order chi connectivity index (χ1) is 11.9. The van der Waals surface area contributed by atoms with Crippen LogP contribution < -0.4 is 4.90 Å². The first-order valence-electron chi connectivity index (χ1n) is 8.25. The van der Waals surface area contributed by atoms with Gasteiger partial charge in [0, 0.05) is 44.0 Å². The fourth-order valence-corrected chi connectivity index (χ4v) is 3.43. The van der Waals surface area contributed by atoms with E-state index in [4.69, 9.17) is 11.6 Å². The molecule has 0 spiro atoms. The molecule has 0 unspecified atom stereocenters.